The molecule has 0 radical (unpaired) electrons. The number of carbonyl (C=O) groups is 1. The van der Waals surface area contributed by atoms with Gasteiger partial charge in [0.1, 0.15) is 0 Å². The molecule has 16 heavy (non-hydrogen) atoms. The van der Waals surface area contributed by atoms with Crippen molar-refractivity contribution in [2.45, 2.75) is 13.8 Å². The molecule has 0 aliphatic carbocycles. The summed E-state index contributed by atoms with van der Waals surface area (Å²) in [6.07, 6.45) is 0. The molecule has 1 heterocycles. The molecule has 4 nitrogen and oxygen atoms in total. The monoisotopic (exact) mass is 283 g/mol. The molecule has 84 valence electrons. The molecule has 0 spiro atoms. The van der Waals surface area contributed by atoms with E-state index in [-0.39, 0.29) is 11.8 Å². The Morgan fingerprint density at radius 1 is 1.44 bits per heavy atom. The van der Waals surface area contributed by atoms with E-state index in [0.29, 0.717) is 11.1 Å². The average molecular weight is 284 g/mol. The van der Waals surface area contributed by atoms with Gasteiger partial charge in [0.15, 0.2) is 5.58 Å². The van der Waals surface area contributed by atoms with Gasteiger partial charge in [-0.15, -0.1) is 0 Å². The van der Waals surface area contributed by atoms with Crippen LogP contribution < -0.4 is 5.76 Å². The standard InChI is InChI=1S/C11H10BrNO3/c1-6(2)10(14)13-8-4-3-7(12)5-9(8)16-11(13)15/h3-6H,1-2H3. The van der Waals surface area contributed by atoms with Crippen molar-refractivity contribution in [3.8, 4) is 0 Å². The van der Waals surface area contributed by atoms with E-state index in [1.165, 1.54) is 0 Å². The smallest absolute Gasteiger partial charge is 0.407 e. The normalized spacial score (nSPS) is 11.2. The predicted molar refractivity (Wildman–Crippen MR) is 63.6 cm³/mol. The van der Waals surface area contributed by atoms with Gasteiger partial charge in [-0.05, 0) is 18.2 Å². The van der Waals surface area contributed by atoms with E-state index < -0.39 is 5.76 Å². The van der Waals surface area contributed by atoms with Crippen LogP contribution in [0.3, 0.4) is 0 Å². The Morgan fingerprint density at radius 2 is 2.12 bits per heavy atom. The molecule has 0 N–H and O–H groups in total. The van der Waals surface area contributed by atoms with Gasteiger partial charge in [0.25, 0.3) is 0 Å². The summed E-state index contributed by atoms with van der Waals surface area (Å²) in [5.74, 6) is -1.14. The van der Waals surface area contributed by atoms with Crippen LogP contribution in [-0.4, -0.2) is 10.5 Å². The first-order valence-electron chi connectivity index (χ1n) is 4.86. The molecule has 0 aliphatic rings. The van der Waals surface area contributed by atoms with Gasteiger partial charge in [-0.1, -0.05) is 29.8 Å². The SMILES string of the molecule is CC(C)C(=O)n1c(=O)oc2cc(Br)ccc21. The van der Waals surface area contributed by atoms with Crippen molar-refractivity contribution in [2.24, 2.45) is 5.92 Å². The fraction of sp³-hybridized carbons (Fsp3) is 0.273. The lowest BCUT2D eigenvalue weighted by atomic mass is 10.2. The van der Waals surface area contributed by atoms with Gasteiger partial charge in [0, 0.05) is 10.4 Å². The lowest BCUT2D eigenvalue weighted by Crippen LogP contribution is -2.26. The second-order valence-corrected chi connectivity index (χ2v) is 4.72. The average Bonchev–Trinajstić information content (AvgIpc) is 2.51. The number of fused-ring (bicyclic) bond motifs is 1. The molecule has 1 aromatic carbocycles. The Bertz CT molecular complexity index is 609. The van der Waals surface area contributed by atoms with Crippen LogP contribution in [0.15, 0.2) is 31.9 Å². The highest BCUT2D eigenvalue weighted by molar-refractivity contribution is 9.10. The number of carbonyl (C=O) groups excluding carboxylic acids is 1. The molecule has 0 saturated carbocycles. The molecule has 2 aromatic rings. The maximum absolute atomic E-state index is 11.8. The second kappa shape index (κ2) is 3.90. The Morgan fingerprint density at radius 3 is 2.75 bits per heavy atom. The molecule has 5 heteroatoms. The number of aromatic nitrogens is 1. The van der Waals surface area contributed by atoms with Crippen LogP contribution in [0.4, 0.5) is 0 Å². The highest BCUT2D eigenvalue weighted by atomic mass is 79.9. The Labute approximate surface area is 100.0 Å². The minimum Gasteiger partial charge on any atom is -0.407 e. The molecule has 2 rings (SSSR count). The summed E-state index contributed by atoms with van der Waals surface area (Å²) in [5, 5.41) is 0. The number of halogens is 1. The Kier molecular flexibility index (Phi) is 2.71. The van der Waals surface area contributed by atoms with Gasteiger partial charge >= 0.3 is 5.76 Å². The lowest BCUT2D eigenvalue weighted by molar-refractivity contribution is 0.0851. The van der Waals surface area contributed by atoms with Gasteiger partial charge < -0.3 is 4.42 Å². The zero-order valence-electron chi connectivity index (χ0n) is 8.86. The summed E-state index contributed by atoms with van der Waals surface area (Å²) >= 11 is 3.28. The first kappa shape index (κ1) is 11.1. The first-order chi connectivity index (χ1) is 7.50. The Hall–Kier alpha value is -1.36. The van der Waals surface area contributed by atoms with E-state index in [2.05, 4.69) is 15.9 Å². The van der Waals surface area contributed by atoms with Crippen molar-refractivity contribution in [3.63, 3.8) is 0 Å². The third-order valence-corrected chi connectivity index (χ3v) is 2.75. The maximum Gasteiger partial charge on any atom is 0.426 e. The summed E-state index contributed by atoms with van der Waals surface area (Å²) in [7, 11) is 0. The van der Waals surface area contributed by atoms with Crippen molar-refractivity contribution in [1.29, 1.82) is 0 Å². The quantitative estimate of drug-likeness (QED) is 0.809. The molecular weight excluding hydrogens is 274 g/mol. The number of benzene rings is 1. The Balaban J connectivity index is 2.75. The number of hydrogen-bond acceptors (Lipinski definition) is 3. The van der Waals surface area contributed by atoms with Crippen LogP contribution in [0.1, 0.15) is 18.6 Å². The first-order valence-corrected chi connectivity index (χ1v) is 5.65. The van der Waals surface area contributed by atoms with Crippen LogP contribution in [0.5, 0.6) is 0 Å². The van der Waals surface area contributed by atoms with Crippen molar-refractivity contribution < 1.29 is 9.21 Å². The van der Waals surface area contributed by atoms with Crippen LogP contribution in [-0.2, 0) is 0 Å². The van der Waals surface area contributed by atoms with Crippen molar-refractivity contribution in [1.82, 2.24) is 4.57 Å². The molecule has 0 saturated heterocycles. The van der Waals surface area contributed by atoms with Crippen LogP contribution in [0, 0.1) is 5.92 Å². The third-order valence-electron chi connectivity index (χ3n) is 2.26. The molecule has 0 aliphatic heterocycles. The number of oxazole rings is 1. The van der Waals surface area contributed by atoms with Crippen molar-refractivity contribution >= 4 is 32.9 Å². The summed E-state index contributed by atoms with van der Waals surface area (Å²) in [4.78, 5) is 23.4. The molecule has 1 aromatic heterocycles. The highest BCUT2D eigenvalue weighted by Crippen LogP contribution is 2.19. The molecule has 0 atom stereocenters. The highest BCUT2D eigenvalue weighted by Gasteiger charge is 2.18. The fourth-order valence-corrected chi connectivity index (χ4v) is 1.80. The largest absolute Gasteiger partial charge is 0.426 e. The van der Waals surface area contributed by atoms with Crippen molar-refractivity contribution in [3.05, 3.63) is 33.2 Å². The van der Waals surface area contributed by atoms with E-state index in [1.807, 2.05) is 0 Å². The zero-order chi connectivity index (χ0) is 11.9. The minimum atomic E-state index is -0.633. The van der Waals surface area contributed by atoms with Gasteiger partial charge in [0.2, 0.25) is 5.91 Å². The van der Waals surface area contributed by atoms with E-state index in [1.54, 1.807) is 32.0 Å². The van der Waals surface area contributed by atoms with Crippen LogP contribution in [0.2, 0.25) is 0 Å². The van der Waals surface area contributed by atoms with E-state index in [9.17, 15) is 9.59 Å². The van der Waals surface area contributed by atoms with Crippen LogP contribution >= 0.6 is 15.9 Å². The van der Waals surface area contributed by atoms with Gasteiger partial charge in [-0.3, -0.25) is 4.79 Å². The van der Waals surface area contributed by atoms with Crippen LogP contribution in [0.25, 0.3) is 11.1 Å². The maximum atomic E-state index is 11.8. The summed E-state index contributed by atoms with van der Waals surface area (Å²) in [6, 6.07) is 5.12. The second-order valence-electron chi connectivity index (χ2n) is 3.81. The molecule has 0 unspecified atom stereocenters. The third kappa shape index (κ3) is 1.71. The van der Waals surface area contributed by atoms with E-state index >= 15 is 0 Å². The lowest BCUT2D eigenvalue weighted by Gasteiger charge is -2.03. The summed E-state index contributed by atoms with van der Waals surface area (Å²) < 4.78 is 6.89. The predicted octanol–water partition coefficient (Wildman–Crippen LogP) is 2.65. The summed E-state index contributed by atoms with van der Waals surface area (Å²) in [5.41, 5.74) is 0.917. The van der Waals surface area contributed by atoms with Gasteiger partial charge in [0.05, 0.1) is 5.52 Å². The summed E-state index contributed by atoms with van der Waals surface area (Å²) in [6.45, 7) is 3.49. The van der Waals surface area contributed by atoms with Gasteiger partial charge in [-0.25, -0.2) is 9.36 Å². The topological polar surface area (TPSA) is 52.2 Å². The number of hydrogen-bond donors (Lipinski definition) is 0. The molecular formula is C11H10BrNO3. The molecule has 0 fully saturated rings. The number of rotatable bonds is 1. The minimum absolute atomic E-state index is 0.248. The van der Waals surface area contributed by atoms with Crippen molar-refractivity contribution in [2.75, 3.05) is 0 Å². The van der Waals surface area contributed by atoms with E-state index in [4.69, 9.17) is 4.42 Å². The van der Waals surface area contributed by atoms with E-state index in [0.717, 1.165) is 9.04 Å². The molecule has 0 bridgehead atoms. The molecule has 0 amide bonds. The fourth-order valence-electron chi connectivity index (χ4n) is 1.46. The van der Waals surface area contributed by atoms with Gasteiger partial charge in [-0.2, -0.15) is 0 Å². The number of nitrogens with zero attached hydrogens (tertiary/aromatic N) is 1. The zero-order valence-corrected chi connectivity index (χ0v) is 10.4.